The van der Waals surface area contributed by atoms with Gasteiger partial charge in [0.25, 0.3) is 0 Å². The SMILES string of the molecule is O=C(O)C(F)(F)F.O=C1C=CC=C2CSC=C12. The molecule has 1 N–H and O–H groups in total. The Balaban J connectivity index is 0.000000185. The minimum absolute atomic E-state index is 0.155. The van der Waals surface area contributed by atoms with E-state index in [4.69, 9.17) is 9.90 Å². The average Bonchev–Trinajstić information content (AvgIpc) is 2.66. The predicted octanol–water partition coefficient (Wildman–Crippen LogP) is 2.32. The number of hydrogen-bond donors (Lipinski definition) is 1. The largest absolute Gasteiger partial charge is 0.490 e. The average molecular weight is 264 g/mol. The molecule has 0 aromatic rings. The van der Waals surface area contributed by atoms with Crippen molar-refractivity contribution in [3.05, 3.63) is 34.8 Å². The van der Waals surface area contributed by atoms with Gasteiger partial charge in [0.2, 0.25) is 0 Å². The molecule has 7 heteroatoms. The number of allylic oxidation sites excluding steroid dienone is 4. The Labute approximate surface area is 98.7 Å². The summed E-state index contributed by atoms with van der Waals surface area (Å²) in [7, 11) is 0. The van der Waals surface area contributed by atoms with Gasteiger partial charge in [0, 0.05) is 11.3 Å². The molecule has 0 saturated heterocycles. The standard InChI is InChI=1S/C8H6OS.C2HF3O2/c9-8-3-1-2-6-4-10-5-7(6)8;3-2(4,5)1(6)7/h1-3,5H,4H2;(H,6,7). The number of carboxylic acids is 1. The normalized spacial score (nSPS) is 17.7. The van der Waals surface area contributed by atoms with Gasteiger partial charge in [0.05, 0.1) is 0 Å². The van der Waals surface area contributed by atoms with E-state index in [-0.39, 0.29) is 5.78 Å². The lowest BCUT2D eigenvalue weighted by atomic mass is 10.0. The molecule has 0 fully saturated rings. The summed E-state index contributed by atoms with van der Waals surface area (Å²) in [6.07, 6.45) is 0.356. The minimum Gasteiger partial charge on any atom is -0.475 e. The first-order chi connectivity index (χ1) is 7.82. The third kappa shape index (κ3) is 3.77. The van der Waals surface area contributed by atoms with Crippen LogP contribution < -0.4 is 0 Å². The summed E-state index contributed by atoms with van der Waals surface area (Å²) in [5.74, 6) is -1.64. The van der Waals surface area contributed by atoms with Crippen LogP contribution in [0.3, 0.4) is 0 Å². The molecule has 0 atom stereocenters. The summed E-state index contributed by atoms with van der Waals surface area (Å²) >= 11 is 1.69. The predicted molar refractivity (Wildman–Crippen MR) is 56.5 cm³/mol. The zero-order chi connectivity index (χ0) is 13.1. The molecule has 1 aliphatic heterocycles. The summed E-state index contributed by atoms with van der Waals surface area (Å²) in [6.45, 7) is 0. The summed E-state index contributed by atoms with van der Waals surface area (Å²) in [5, 5.41) is 9.07. The lowest BCUT2D eigenvalue weighted by molar-refractivity contribution is -0.192. The fourth-order valence-electron chi connectivity index (χ4n) is 1.06. The second-order valence-electron chi connectivity index (χ2n) is 3.06. The number of thioether (sulfide) groups is 1. The Hall–Kier alpha value is -1.50. The minimum atomic E-state index is -5.08. The summed E-state index contributed by atoms with van der Waals surface area (Å²) in [5.41, 5.74) is 2.07. The number of carbonyl (C=O) groups is 2. The van der Waals surface area contributed by atoms with E-state index in [0.717, 1.165) is 11.3 Å². The molecule has 0 radical (unpaired) electrons. The zero-order valence-electron chi connectivity index (χ0n) is 8.32. The van der Waals surface area contributed by atoms with Crippen LogP contribution in [0.1, 0.15) is 0 Å². The Morgan fingerprint density at radius 3 is 2.47 bits per heavy atom. The van der Waals surface area contributed by atoms with Gasteiger partial charge in [-0.25, -0.2) is 4.79 Å². The molecule has 0 amide bonds. The van der Waals surface area contributed by atoms with Crippen LogP contribution >= 0.6 is 11.8 Å². The number of halogens is 3. The molecular formula is C10H7F3O3S. The molecule has 3 nitrogen and oxygen atoms in total. The van der Waals surface area contributed by atoms with Gasteiger partial charge in [-0.3, -0.25) is 4.79 Å². The van der Waals surface area contributed by atoms with Crippen molar-refractivity contribution >= 4 is 23.5 Å². The van der Waals surface area contributed by atoms with Crippen molar-refractivity contribution in [1.82, 2.24) is 0 Å². The van der Waals surface area contributed by atoms with Crippen molar-refractivity contribution in [2.45, 2.75) is 6.18 Å². The molecule has 0 unspecified atom stereocenters. The van der Waals surface area contributed by atoms with E-state index in [9.17, 15) is 18.0 Å². The lowest BCUT2D eigenvalue weighted by Crippen LogP contribution is -2.21. The molecule has 0 saturated carbocycles. The van der Waals surface area contributed by atoms with E-state index >= 15 is 0 Å². The summed E-state index contributed by atoms with van der Waals surface area (Å²) < 4.78 is 31.7. The van der Waals surface area contributed by atoms with Crippen molar-refractivity contribution in [1.29, 1.82) is 0 Å². The summed E-state index contributed by atoms with van der Waals surface area (Å²) in [6, 6.07) is 0. The number of carbonyl (C=O) groups excluding carboxylic acids is 1. The van der Waals surface area contributed by atoms with E-state index in [2.05, 4.69) is 0 Å². The Bertz CT molecular complexity index is 433. The molecular weight excluding hydrogens is 257 g/mol. The van der Waals surface area contributed by atoms with Crippen molar-refractivity contribution < 1.29 is 27.9 Å². The number of fused-ring (bicyclic) bond motifs is 1. The van der Waals surface area contributed by atoms with Gasteiger partial charge in [-0.1, -0.05) is 12.2 Å². The van der Waals surface area contributed by atoms with Crippen LogP contribution in [0.2, 0.25) is 0 Å². The topological polar surface area (TPSA) is 54.4 Å². The van der Waals surface area contributed by atoms with Crippen molar-refractivity contribution in [2.24, 2.45) is 0 Å². The first kappa shape index (κ1) is 13.6. The molecule has 92 valence electrons. The highest BCUT2D eigenvalue weighted by Crippen LogP contribution is 2.30. The first-order valence-corrected chi connectivity index (χ1v) is 5.41. The van der Waals surface area contributed by atoms with E-state index in [1.807, 2.05) is 17.6 Å². The number of ketones is 1. The summed E-state index contributed by atoms with van der Waals surface area (Å²) in [4.78, 5) is 20.0. The second kappa shape index (κ2) is 5.22. The van der Waals surface area contributed by atoms with Crippen LogP contribution in [0.4, 0.5) is 13.2 Å². The van der Waals surface area contributed by atoms with E-state index in [1.54, 1.807) is 17.8 Å². The Morgan fingerprint density at radius 2 is 2.00 bits per heavy atom. The molecule has 0 aromatic heterocycles. The highest BCUT2D eigenvalue weighted by molar-refractivity contribution is 8.02. The molecule has 1 aliphatic carbocycles. The van der Waals surface area contributed by atoms with Gasteiger partial charge in [-0.15, -0.1) is 11.8 Å². The molecule has 0 aromatic carbocycles. The monoisotopic (exact) mass is 264 g/mol. The Kier molecular flexibility index (Phi) is 4.17. The second-order valence-corrected chi connectivity index (χ2v) is 3.92. The molecule has 1 heterocycles. The highest BCUT2D eigenvalue weighted by atomic mass is 32.2. The number of aliphatic carboxylic acids is 1. The number of rotatable bonds is 0. The third-order valence-electron chi connectivity index (χ3n) is 1.84. The van der Waals surface area contributed by atoms with Crippen LogP contribution in [0.5, 0.6) is 0 Å². The fraction of sp³-hybridized carbons (Fsp3) is 0.200. The van der Waals surface area contributed by atoms with E-state index in [1.165, 1.54) is 5.57 Å². The molecule has 17 heavy (non-hydrogen) atoms. The maximum Gasteiger partial charge on any atom is 0.490 e. The van der Waals surface area contributed by atoms with Crippen LogP contribution in [-0.4, -0.2) is 28.8 Å². The molecule has 2 aliphatic rings. The maximum absolute atomic E-state index is 11.1. The number of hydrogen-bond acceptors (Lipinski definition) is 3. The van der Waals surface area contributed by atoms with Gasteiger partial charge >= 0.3 is 12.1 Å². The van der Waals surface area contributed by atoms with Crippen molar-refractivity contribution in [2.75, 3.05) is 5.75 Å². The van der Waals surface area contributed by atoms with Gasteiger partial charge in [0.15, 0.2) is 5.78 Å². The highest BCUT2D eigenvalue weighted by Gasteiger charge is 2.38. The van der Waals surface area contributed by atoms with Gasteiger partial charge < -0.3 is 5.11 Å². The van der Waals surface area contributed by atoms with Gasteiger partial charge in [-0.05, 0) is 17.1 Å². The number of alkyl halides is 3. The van der Waals surface area contributed by atoms with Gasteiger partial charge in [-0.2, -0.15) is 13.2 Å². The van der Waals surface area contributed by atoms with E-state index in [0.29, 0.717) is 0 Å². The molecule has 2 rings (SSSR count). The Morgan fingerprint density at radius 1 is 1.41 bits per heavy atom. The van der Waals surface area contributed by atoms with Crippen LogP contribution in [0.15, 0.2) is 34.8 Å². The number of carboxylic acid groups (broad SMARTS) is 1. The zero-order valence-corrected chi connectivity index (χ0v) is 9.14. The van der Waals surface area contributed by atoms with Crippen LogP contribution in [-0.2, 0) is 9.59 Å². The fourth-order valence-corrected chi connectivity index (χ4v) is 2.01. The van der Waals surface area contributed by atoms with Crippen molar-refractivity contribution in [3.8, 4) is 0 Å². The molecule has 0 bridgehead atoms. The third-order valence-corrected chi connectivity index (χ3v) is 2.72. The maximum atomic E-state index is 11.1. The van der Waals surface area contributed by atoms with Crippen LogP contribution in [0, 0.1) is 0 Å². The van der Waals surface area contributed by atoms with Crippen LogP contribution in [0.25, 0.3) is 0 Å². The van der Waals surface area contributed by atoms with Crippen molar-refractivity contribution in [3.63, 3.8) is 0 Å². The quantitative estimate of drug-likeness (QED) is 0.729. The van der Waals surface area contributed by atoms with Gasteiger partial charge in [0.1, 0.15) is 0 Å². The molecule has 0 spiro atoms. The first-order valence-electron chi connectivity index (χ1n) is 4.36. The smallest absolute Gasteiger partial charge is 0.475 e. The van der Waals surface area contributed by atoms with E-state index < -0.39 is 12.1 Å². The lowest BCUT2D eigenvalue weighted by Gasteiger charge is -2.02.